The monoisotopic (exact) mass is 435 g/mol. The molecule has 4 nitrogen and oxygen atoms in total. The molecule has 1 saturated heterocycles. The van der Waals surface area contributed by atoms with E-state index in [-0.39, 0.29) is 12.0 Å². The van der Waals surface area contributed by atoms with E-state index in [2.05, 4.69) is 41.3 Å². The molecule has 2 unspecified atom stereocenters. The van der Waals surface area contributed by atoms with Crippen LogP contribution in [0.5, 0.6) is 5.75 Å². The average molecular weight is 436 g/mol. The number of aliphatic carboxylic acids is 1. The van der Waals surface area contributed by atoms with E-state index in [1.54, 1.807) is 7.11 Å². The Morgan fingerprint density at radius 1 is 1.06 bits per heavy atom. The molecular formula is C26H26ClNO3. The highest BCUT2D eigenvalue weighted by atomic mass is 35.5. The number of hydrogen-bond donors (Lipinski definition) is 1. The Labute approximate surface area is 188 Å². The molecule has 1 N–H and O–H groups in total. The molecule has 0 aliphatic carbocycles. The Balaban J connectivity index is 1.76. The van der Waals surface area contributed by atoms with Gasteiger partial charge in [-0.3, -0.25) is 9.69 Å². The highest BCUT2D eigenvalue weighted by Gasteiger charge is 2.32. The molecule has 3 aromatic rings. The maximum absolute atomic E-state index is 11.7. The standard InChI is InChI=1S/C26H26ClNO3/c1-31-24-14-13-22(27)16-23(24)25(28-15-5-8-21(17-28)26(29)30)20-11-9-19(10-12-20)18-6-3-2-4-7-18/h2-4,6-7,9-14,16,21,25H,5,8,15,17H2,1H3,(H,29,30). The van der Waals surface area contributed by atoms with Crippen molar-refractivity contribution < 1.29 is 14.6 Å². The normalized spacial score (nSPS) is 17.8. The fourth-order valence-electron chi connectivity index (χ4n) is 4.44. The van der Waals surface area contributed by atoms with Crippen LogP contribution in [-0.4, -0.2) is 36.2 Å². The fraction of sp³-hybridized carbons (Fsp3) is 0.269. The van der Waals surface area contributed by atoms with Gasteiger partial charge in [-0.15, -0.1) is 0 Å². The van der Waals surface area contributed by atoms with Gasteiger partial charge in [0.1, 0.15) is 5.75 Å². The van der Waals surface area contributed by atoms with Crippen LogP contribution in [0.2, 0.25) is 5.02 Å². The summed E-state index contributed by atoms with van der Waals surface area (Å²) >= 11 is 6.36. The first-order valence-corrected chi connectivity index (χ1v) is 10.9. The number of hydrogen-bond acceptors (Lipinski definition) is 3. The first-order chi connectivity index (χ1) is 15.1. The van der Waals surface area contributed by atoms with Crippen molar-refractivity contribution in [3.8, 4) is 16.9 Å². The summed E-state index contributed by atoms with van der Waals surface area (Å²) in [7, 11) is 1.65. The third kappa shape index (κ3) is 4.76. The zero-order chi connectivity index (χ0) is 21.8. The van der Waals surface area contributed by atoms with Crippen LogP contribution in [-0.2, 0) is 4.79 Å². The SMILES string of the molecule is COc1ccc(Cl)cc1C(c1ccc(-c2ccccc2)cc1)N1CCCC(C(=O)O)C1. The molecule has 0 aromatic heterocycles. The number of rotatable bonds is 6. The van der Waals surface area contributed by atoms with Crippen LogP contribution in [0.15, 0.2) is 72.8 Å². The van der Waals surface area contributed by atoms with Crippen LogP contribution in [0.1, 0.15) is 30.0 Å². The van der Waals surface area contributed by atoms with Crippen molar-refractivity contribution in [2.24, 2.45) is 5.92 Å². The van der Waals surface area contributed by atoms with E-state index >= 15 is 0 Å². The van der Waals surface area contributed by atoms with E-state index in [0.29, 0.717) is 18.0 Å². The van der Waals surface area contributed by atoms with Crippen LogP contribution in [0.3, 0.4) is 0 Å². The molecule has 0 bridgehead atoms. The summed E-state index contributed by atoms with van der Waals surface area (Å²) in [6.45, 7) is 1.32. The highest BCUT2D eigenvalue weighted by molar-refractivity contribution is 6.30. The van der Waals surface area contributed by atoms with Gasteiger partial charge in [-0.25, -0.2) is 0 Å². The molecule has 1 aliphatic heterocycles. The number of carboxylic acids is 1. The lowest BCUT2D eigenvalue weighted by Crippen LogP contribution is -2.41. The van der Waals surface area contributed by atoms with Gasteiger partial charge in [0.05, 0.1) is 19.1 Å². The Morgan fingerprint density at radius 2 is 1.77 bits per heavy atom. The summed E-state index contributed by atoms with van der Waals surface area (Å²) in [5.74, 6) is -0.357. The lowest BCUT2D eigenvalue weighted by molar-refractivity contribution is -0.143. The molecule has 0 saturated carbocycles. The minimum Gasteiger partial charge on any atom is -0.496 e. The number of halogens is 1. The van der Waals surface area contributed by atoms with Crippen molar-refractivity contribution in [3.05, 3.63) is 88.9 Å². The van der Waals surface area contributed by atoms with Crippen molar-refractivity contribution in [2.75, 3.05) is 20.2 Å². The number of piperidine rings is 1. The van der Waals surface area contributed by atoms with E-state index < -0.39 is 5.97 Å². The third-order valence-electron chi connectivity index (χ3n) is 5.99. The van der Waals surface area contributed by atoms with Gasteiger partial charge in [0.2, 0.25) is 0 Å². The zero-order valence-corrected chi connectivity index (χ0v) is 18.3. The quantitative estimate of drug-likeness (QED) is 0.523. The van der Waals surface area contributed by atoms with E-state index in [0.717, 1.165) is 41.0 Å². The maximum Gasteiger partial charge on any atom is 0.307 e. The third-order valence-corrected chi connectivity index (χ3v) is 6.22. The number of nitrogens with zero attached hydrogens (tertiary/aromatic N) is 1. The predicted octanol–water partition coefficient (Wildman–Crippen LogP) is 5.90. The predicted molar refractivity (Wildman–Crippen MR) is 124 cm³/mol. The van der Waals surface area contributed by atoms with Gasteiger partial charge >= 0.3 is 5.97 Å². The number of carboxylic acid groups (broad SMARTS) is 1. The minimum absolute atomic E-state index is 0.138. The van der Waals surface area contributed by atoms with Gasteiger partial charge in [-0.05, 0) is 54.3 Å². The summed E-state index contributed by atoms with van der Waals surface area (Å²) in [4.78, 5) is 13.9. The Morgan fingerprint density at radius 3 is 2.45 bits per heavy atom. The molecule has 31 heavy (non-hydrogen) atoms. The van der Waals surface area contributed by atoms with Crippen molar-refractivity contribution in [2.45, 2.75) is 18.9 Å². The molecule has 3 aromatic carbocycles. The Bertz CT molecular complexity index is 1040. The lowest BCUT2D eigenvalue weighted by Gasteiger charge is -2.38. The molecule has 160 valence electrons. The van der Waals surface area contributed by atoms with Crippen LogP contribution in [0, 0.1) is 5.92 Å². The number of likely N-dealkylation sites (tertiary alicyclic amines) is 1. The molecule has 5 heteroatoms. The van der Waals surface area contributed by atoms with Crippen molar-refractivity contribution in [3.63, 3.8) is 0 Å². The highest BCUT2D eigenvalue weighted by Crippen LogP contribution is 2.39. The van der Waals surface area contributed by atoms with Crippen molar-refractivity contribution in [1.82, 2.24) is 4.90 Å². The molecule has 1 heterocycles. The minimum atomic E-state index is -0.735. The molecule has 0 spiro atoms. The summed E-state index contributed by atoms with van der Waals surface area (Å²) in [6, 6.07) is 24.2. The molecule has 1 aliphatic rings. The van der Waals surface area contributed by atoms with E-state index in [1.165, 1.54) is 0 Å². The fourth-order valence-corrected chi connectivity index (χ4v) is 4.62. The number of methoxy groups -OCH3 is 1. The summed E-state index contributed by atoms with van der Waals surface area (Å²) < 4.78 is 5.66. The molecular weight excluding hydrogens is 410 g/mol. The number of ether oxygens (including phenoxy) is 1. The van der Waals surface area contributed by atoms with Gasteiger partial charge in [0.25, 0.3) is 0 Å². The second-order valence-electron chi connectivity index (χ2n) is 7.95. The lowest BCUT2D eigenvalue weighted by atomic mass is 9.90. The largest absolute Gasteiger partial charge is 0.496 e. The molecule has 0 radical (unpaired) electrons. The topological polar surface area (TPSA) is 49.8 Å². The zero-order valence-electron chi connectivity index (χ0n) is 17.5. The molecule has 2 atom stereocenters. The Hall–Kier alpha value is -2.82. The van der Waals surface area contributed by atoms with Gasteiger partial charge in [0, 0.05) is 17.1 Å². The molecule has 1 fully saturated rings. The summed E-state index contributed by atoms with van der Waals surface area (Å²) in [5.41, 5.74) is 4.35. The van der Waals surface area contributed by atoms with E-state index in [1.807, 2.05) is 36.4 Å². The Kier molecular flexibility index (Phi) is 6.59. The van der Waals surface area contributed by atoms with Crippen LogP contribution >= 0.6 is 11.6 Å². The van der Waals surface area contributed by atoms with Crippen LogP contribution in [0.25, 0.3) is 11.1 Å². The molecule has 0 amide bonds. The second kappa shape index (κ2) is 9.54. The summed E-state index contributed by atoms with van der Waals surface area (Å²) in [5, 5.41) is 10.2. The van der Waals surface area contributed by atoms with Gasteiger partial charge in [-0.1, -0.05) is 66.2 Å². The number of benzene rings is 3. The smallest absolute Gasteiger partial charge is 0.307 e. The van der Waals surface area contributed by atoms with Crippen LogP contribution in [0.4, 0.5) is 0 Å². The summed E-state index contributed by atoms with van der Waals surface area (Å²) in [6.07, 6.45) is 1.55. The van der Waals surface area contributed by atoms with Crippen molar-refractivity contribution >= 4 is 17.6 Å². The molecule has 4 rings (SSSR count). The van der Waals surface area contributed by atoms with Gasteiger partial charge in [-0.2, -0.15) is 0 Å². The van der Waals surface area contributed by atoms with Crippen LogP contribution < -0.4 is 4.74 Å². The first-order valence-electron chi connectivity index (χ1n) is 10.5. The van der Waals surface area contributed by atoms with E-state index in [4.69, 9.17) is 16.3 Å². The first kappa shape index (κ1) is 21.4. The van der Waals surface area contributed by atoms with Gasteiger partial charge < -0.3 is 9.84 Å². The number of carbonyl (C=O) groups is 1. The maximum atomic E-state index is 11.7. The average Bonchev–Trinajstić information content (AvgIpc) is 2.81. The van der Waals surface area contributed by atoms with Gasteiger partial charge in [0.15, 0.2) is 0 Å². The van der Waals surface area contributed by atoms with Crippen molar-refractivity contribution in [1.29, 1.82) is 0 Å². The van der Waals surface area contributed by atoms with E-state index in [9.17, 15) is 9.90 Å². The second-order valence-corrected chi connectivity index (χ2v) is 8.39.